The molecule has 1 aliphatic heterocycles. The normalized spacial score (nSPS) is 19.9. The minimum atomic E-state index is 0.217. The number of hydrogen-bond donors (Lipinski definition) is 0. The van der Waals surface area contributed by atoms with Gasteiger partial charge in [-0.2, -0.15) is 0 Å². The topological polar surface area (TPSA) is 44.2 Å². The first-order chi connectivity index (χ1) is 9.33. The molecule has 0 aliphatic carbocycles. The molecule has 3 rings (SSSR count). The third kappa shape index (κ3) is 3.23. The second kappa shape index (κ2) is 6.13. The van der Waals surface area contributed by atoms with Crippen LogP contribution in [-0.4, -0.2) is 29.3 Å². The van der Waals surface area contributed by atoms with Gasteiger partial charge in [0.25, 0.3) is 0 Å². The van der Waals surface area contributed by atoms with E-state index in [1.54, 1.807) is 11.3 Å². The number of rotatable bonds is 4. The molecule has 0 amide bonds. The molecule has 0 bridgehead atoms. The van der Waals surface area contributed by atoms with Gasteiger partial charge in [0, 0.05) is 12.0 Å². The Balaban J connectivity index is 1.58. The Bertz CT molecular complexity index is 555. The Labute approximate surface area is 120 Å². The molecule has 0 spiro atoms. The molecule has 1 saturated heterocycles. The lowest BCUT2D eigenvalue weighted by Crippen LogP contribution is -2.24. The Morgan fingerprint density at radius 1 is 1.42 bits per heavy atom. The van der Waals surface area contributed by atoms with Crippen LogP contribution in [-0.2, 0) is 16.1 Å². The summed E-state index contributed by atoms with van der Waals surface area (Å²) in [5.41, 5.74) is 0. The van der Waals surface area contributed by atoms with E-state index in [0.717, 1.165) is 29.7 Å². The third-order valence-electron chi connectivity index (χ3n) is 3.13. The summed E-state index contributed by atoms with van der Waals surface area (Å²) in [6, 6.07) is 1.93. The van der Waals surface area contributed by atoms with Crippen molar-refractivity contribution in [2.75, 3.05) is 13.2 Å². The van der Waals surface area contributed by atoms with Crippen LogP contribution >= 0.6 is 22.9 Å². The average Bonchev–Trinajstić information content (AvgIpc) is 2.89. The quantitative estimate of drug-likeness (QED) is 0.811. The van der Waals surface area contributed by atoms with Gasteiger partial charge in [0.05, 0.1) is 12.7 Å². The molecular formula is C13H15ClN2O2S. The van der Waals surface area contributed by atoms with Crippen molar-refractivity contribution in [1.29, 1.82) is 0 Å². The van der Waals surface area contributed by atoms with Crippen LogP contribution in [0.2, 0.25) is 5.15 Å². The molecular weight excluding hydrogens is 284 g/mol. The highest BCUT2D eigenvalue weighted by molar-refractivity contribution is 7.16. The maximum absolute atomic E-state index is 6.11. The standard InChI is InChI=1S/C13H15ClN2O2S/c14-12-10-4-6-19-13(10)16-11(15-12)8-17-7-9-3-1-2-5-18-9/h4,6,9H,1-3,5,7-8H2. The van der Waals surface area contributed by atoms with Gasteiger partial charge in [-0.15, -0.1) is 11.3 Å². The predicted octanol–water partition coefficient (Wildman–Crippen LogP) is 3.43. The molecule has 1 fully saturated rings. The van der Waals surface area contributed by atoms with E-state index in [4.69, 9.17) is 21.1 Å². The van der Waals surface area contributed by atoms with Crippen LogP contribution in [0.5, 0.6) is 0 Å². The van der Waals surface area contributed by atoms with Gasteiger partial charge in [0.1, 0.15) is 16.6 Å². The average molecular weight is 299 g/mol. The second-order valence-corrected chi connectivity index (χ2v) is 5.83. The number of aromatic nitrogens is 2. The minimum absolute atomic E-state index is 0.217. The summed E-state index contributed by atoms with van der Waals surface area (Å²) in [6.07, 6.45) is 3.67. The van der Waals surface area contributed by atoms with Crippen molar-refractivity contribution in [1.82, 2.24) is 9.97 Å². The molecule has 102 valence electrons. The molecule has 0 aromatic carbocycles. The van der Waals surface area contributed by atoms with Crippen LogP contribution < -0.4 is 0 Å². The number of fused-ring (bicyclic) bond motifs is 1. The van der Waals surface area contributed by atoms with E-state index < -0.39 is 0 Å². The summed E-state index contributed by atoms with van der Waals surface area (Å²) in [7, 11) is 0. The fraction of sp³-hybridized carbons (Fsp3) is 0.538. The molecule has 0 N–H and O–H groups in total. The van der Waals surface area contributed by atoms with Crippen LogP contribution in [0.15, 0.2) is 11.4 Å². The van der Waals surface area contributed by atoms with Gasteiger partial charge in [0.2, 0.25) is 0 Å². The Kier molecular flexibility index (Phi) is 4.28. The van der Waals surface area contributed by atoms with Crippen molar-refractivity contribution < 1.29 is 9.47 Å². The summed E-state index contributed by atoms with van der Waals surface area (Å²) >= 11 is 7.67. The monoisotopic (exact) mass is 298 g/mol. The first-order valence-corrected chi connectivity index (χ1v) is 7.67. The highest BCUT2D eigenvalue weighted by atomic mass is 35.5. The van der Waals surface area contributed by atoms with E-state index in [9.17, 15) is 0 Å². The van der Waals surface area contributed by atoms with Crippen LogP contribution in [0.3, 0.4) is 0 Å². The van der Waals surface area contributed by atoms with Crippen LogP contribution in [0.4, 0.5) is 0 Å². The molecule has 19 heavy (non-hydrogen) atoms. The van der Waals surface area contributed by atoms with Crippen molar-refractivity contribution in [2.24, 2.45) is 0 Å². The Hall–Kier alpha value is -0.750. The Morgan fingerprint density at radius 3 is 3.21 bits per heavy atom. The molecule has 3 heterocycles. The van der Waals surface area contributed by atoms with Gasteiger partial charge >= 0.3 is 0 Å². The molecule has 1 unspecified atom stereocenters. The van der Waals surface area contributed by atoms with E-state index in [-0.39, 0.29) is 6.10 Å². The zero-order valence-electron chi connectivity index (χ0n) is 10.5. The zero-order valence-corrected chi connectivity index (χ0v) is 12.0. The van der Waals surface area contributed by atoms with Gasteiger partial charge < -0.3 is 9.47 Å². The van der Waals surface area contributed by atoms with Gasteiger partial charge in [-0.25, -0.2) is 9.97 Å². The second-order valence-electron chi connectivity index (χ2n) is 4.57. The van der Waals surface area contributed by atoms with Crippen LogP contribution in [0, 0.1) is 0 Å². The number of thiophene rings is 1. The zero-order chi connectivity index (χ0) is 13.1. The molecule has 2 aromatic rings. The number of hydrogen-bond acceptors (Lipinski definition) is 5. The number of halogens is 1. The predicted molar refractivity (Wildman–Crippen MR) is 75.7 cm³/mol. The van der Waals surface area contributed by atoms with Crippen molar-refractivity contribution in [3.8, 4) is 0 Å². The van der Waals surface area contributed by atoms with Crippen molar-refractivity contribution >= 4 is 33.2 Å². The summed E-state index contributed by atoms with van der Waals surface area (Å²) in [5.74, 6) is 0.635. The molecule has 0 radical (unpaired) electrons. The fourth-order valence-corrected chi connectivity index (χ4v) is 3.23. The lowest BCUT2D eigenvalue weighted by Gasteiger charge is -2.22. The maximum atomic E-state index is 6.11. The SMILES string of the molecule is Clc1nc(COCC2CCCCO2)nc2sccc12. The van der Waals surface area contributed by atoms with Crippen molar-refractivity contribution in [2.45, 2.75) is 32.0 Å². The van der Waals surface area contributed by atoms with Gasteiger partial charge in [-0.3, -0.25) is 0 Å². The Morgan fingerprint density at radius 2 is 2.37 bits per heavy atom. The van der Waals surface area contributed by atoms with E-state index in [1.807, 2.05) is 11.4 Å². The minimum Gasteiger partial charge on any atom is -0.376 e. The largest absolute Gasteiger partial charge is 0.376 e. The fourth-order valence-electron chi connectivity index (χ4n) is 2.15. The molecule has 0 saturated carbocycles. The van der Waals surface area contributed by atoms with Gasteiger partial charge in [-0.05, 0) is 30.7 Å². The molecule has 1 atom stereocenters. The van der Waals surface area contributed by atoms with Crippen molar-refractivity contribution in [3.05, 3.63) is 22.4 Å². The summed E-state index contributed by atoms with van der Waals surface area (Å²) in [6.45, 7) is 1.83. The molecule has 1 aliphatic rings. The van der Waals surface area contributed by atoms with E-state index in [0.29, 0.717) is 24.2 Å². The number of nitrogens with zero attached hydrogens (tertiary/aromatic N) is 2. The van der Waals surface area contributed by atoms with Crippen LogP contribution in [0.1, 0.15) is 25.1 Å². The first kappa shape index (κ1) is 13.2. The summed E-state index contributed by atoms with van der Waals surface area (Å²) in [4.78, 5) is 9.60. The number of ether oxygens (including phenoxy) is 2. The van der Waals surface area contributed by atoms with Gasteiger partial charge in [-0.1, -0.05) is 11.6 Å². The van der Waals surface area contributed by atoms with E-state index in [2.05, 4.69) is 9.97 Å². The van der Waals surface area contributed by atoms with E-state index in [1.165, 1.54) is 6.42 Å². The van der Waals surface area contributed by atoms with Crippen LogP contribution in [0.25, 0.3) is 10.2 Å². The highest BCUT2D eigenvalue weighted by Gasteiger charge is 2.14. The van der Waals surface area contributed by atoms with Gasteiger partial charge in [0.15, 0.2) is 5.82 Å². The van der Waals surface area contributed by atoms with E-state index >= 15 is 0 Å². The first-order valence-electron chi connectivity index (χ1n) is 6.42. The molecule has 2 aromatic heterocycles. The lowest BCUT2D eigenvalue weighted by molar-refractivity contribution is -0.0457. The summed E-state index contributed by atoms with van der Waals surface area (Å²) < 4.78 is 11.2. The van der Waals surface area contributed by atoms with Crippen molar-refractivity contribution in [3.63, 3.8) is 0 Å². The maximum Gasteiger partial charge on any atom is 0.157 e. The summed E-state index contributed by atoms with van der Waals surface area (Å²) in [5, 5.41) is 3.37. The smallest absolute Gasteiger partial charge is 0.157 e. The molecule has 6 heteroatoms. The highest BCUT2D eigenvalue weighted by Crippen LogP contribution is 2.24. The lowest BCUT2D eigenvalue weighted by atomic mass is 10.1. The molecule has 4 nitrogen and oxygen atoms in total. The third-order valence-corrected chi connectivity index (χ3v) is 4.23.